The number of likely N-dealkylation sites (tertiary alicyclic amines) is 1. The molecule has 0 radical (unpaired) electrons. The van der Waals surface area contributed by atoms with Crippen LogP contribution in [0.25, 0.3) is 0 Å². The van der Waals surface area contributed by atoms with Crippen molar-refractivity contribution in [3.63, 3.8) is 0 Å². The van der Waals surface area contributed by atoms with Crippen molar-refractivity contribution in [2.24, 2.45) is 23.8 Å². The Morgan fingerprint density at radius 1 is 1.24 bits per heavy atom. The molecule has 0 unspecified atom stereocenters. The highest BCUT2D eigenvalue weighted by Crippen LogP contribution is 2.54. The Morgan fingerprint density at radius 3 is 2.67 bits per heavy atom. The van der Waals surface area contributed by atoms with Crippen LogP contribution in [0.15, 0.2) is 6.07 Å². The van der Waals surface area contributed by atoms with Crippen molar-refractivity contribution >= 4 is 29.3 Å². The molecule has 2 aliphatic carbocycles. The lowest BCUT2D eigenvalue weighted by molar-refractivity contribution is -0.153. The van der Waals surface area contributed by atoms with Gasteiger partial charge in [0, 0.05) is 50.7 Å². The van der Waals surface area contributed by atoms with Gasteiger partial charge in [0.25, 0.3) is 6.43 Å². The largest absolute Gasteiger partial charge is 0.484 e. The van der Waals surface area contributed by atoms with Gasteiger partial charge in [-0.05, 0) is 56.1 Å². The molecule has 1 aromatic heterocycles. The number of halogens is 4. The standard InChI is InChI=1S/C31H38ClF3N6O4/c1-30(29(44)36-2)8-5-4-6-18(30)28(43)41-11-7-17-19(32)12-20(33)26(45-15-21-25(27(34)35)39(3)38-37-21)24(17)22(41)14-40-16-31(9-10-31)13-23(40)42/h12,18,22,27H,4-11,13-16H2,1-3H3,(H,36,44)/t18-,22+,30-/m0/s1. The summed E-state index contributed by atoms with van der Waals surface area (Å²) in [6, 6.07) is 0.286. The summed E-state index contributed by atoms with van der Waals surface area (Å²) in [4.78, 5) is 44.3. The van der Waals surface area contributed by atoms with Gasteiger partial charge in [-0.3, -0.25) is 14.4 Å². The molecule has 3 atom stereocenters. The minimum absolute atomic E-state index is 0.0361. The fraction of sp³-hybridized carbons (Fsp3) is 0.645. The van der Waals surface area contributed by atoms with Gasteiger partial charge < -0.3 is 19.9 Å². The molecule has 3 fully saturated rings. The number of aromatic nitrogens is 3. The van der Waals surface area contributed by atoms with Crippen molar-refractivity contribution in [2.45, 2.75) is 77.4 Å². The third-order valence-electron chi connectivity index (χ3n) is 10.4. The molecule has 3 heterocycles. The number of amides is 3. The smallest absolute Gasteiger partial charge is 0.282 e. The lowest BCUT2D eigenvalue weighted by Crippen LogP contribution is -2.54. The van der Waals surface area contributed by atoms with E-state index in [4.69, 9.17) is 16.3 Å². The van der Waals surface area contributed by atoms with Gasteiger partial charge in [0.2, 0.25) is 17.7 Å². The van der Waals surface area contributed by atoms with E-state index in [-0.39, 0.29) is 59.1 Å². The highest BCUT2D eigenvalue weighted by Gasteiger charge is 2.54. The predicted octanol–water partition coefficient (Wildman–Crippen LogP) is 4.51. The highest BCUT2D eigenvalue weighted by molar-refractivity contribution is 6.31. The van der Waals surface area contributed by atoms with Crippen molar-refractivity contribution in [2.75, 3.05) is 26.7 Å². The molecule has 6 rings (SSSR count). The van der Waals surface area contributed by atoms with Crippen LogP contribution in [-0.4, -0.2) is 69.2 Å². The van der Waals surface area contributed by atoms with Gasteiger partial charge in [-0.25, -0.2) is 17.9 Å². The van der Waals surface area contributed by atoms with E-state index in [9.17, 15) is 23.2 Å². The fourth-order valence-electron chi connectivity index (χ4n) is 7.68. The van der Waals surface area contributed by atoms with E-state index in [2.05, 4.69) is 15.6 Å². The maximum atomic E-state index is 15.8. The van der Waals surface area contributed by atoms with E-state index >= 15 is 4.39 Å². The number of nitrogens with zero attached hydrogens (tertiary/aromatic N) is 5. The first-order valence-corrected chi connectivity index (χ1v) is 15.9. The van der Waals surface area contributed by atoms with Crippen LogP contribution in [0.5, 0.6) is 5.75 Å². The molecule has 14 heteroatoms. The van der Waals surface area contributed by atoms with E-state index in [1.54, 1.807) is 16.8 Å². The van der Waals surface area contributed by atoms with Gasteiger partial charge >= 0.3 is 0 Å². The third-order valence-corrected chi connectivity index (χ3v) is 10.8. The maximum absolute atomic E-state index is 15.8. The van der Waals surface area contributed by atoms with Crippen molar-refractivity contribution in [1.82, 2.24) is 30.1 Å². The third kappa shape index (κ3) is 5.54. The maximum Gasteiger partial charge on any atom is 0.282 e. The van der Waals surface area contributed by atoms with Gasteiger partial charge in [0.1, 0.15) is 18.0 Å². The number of carbonyl (C=O) groups excluding carboxylic acids is 3. The number of hydrogen-bond acceptors (Lipinski definition) is 6. The molecule has 45 heavy (non-hydrogen) atoms. The van der Waals surface area contributed by atoms with Crippen LogP contribution >= 0.6 is 11.6 Å². The monoisotopic (exact) mass is 650 g/mol. The number of carbonyl (C=O) groups is 3. The van der Waals surface area contributed by atoms with Gasteiger partial charge in [0.15, 0.2) is 11.6 Å². The zero-order chi connectivity index (χ0) is 32.3. The molecule has 0 bridgehead atoms. The molecule has 4 aliphatic rings. The van der Waals surface area contributed by atoms with Crippen molar-refractivity contribution in [3.8, 4) is 5.75 Å². The summed E-state index contributed by atoms with van der Waals surface area (Å²) >= 11 is 6.60. The summed E-state index contributed by atoms with van der Waals surface area (Å²) in [5, 5.41) is 10.3. The molecule has 3 amide bonds. The quantitative estimate of drug-likeness (QED) is 0.451. The molecule has 1 N–H and O–H groups in total. The van der Waals surface area contributed by atoms with E-state index in [1.165, 1.54) is 7.05 Å². The number of ether oxygens (including phenoxy) is 1. The number of aryl methyl sites for hydroxylation is 1. The van der Waals surface area contributed by atoms with Crippen LogP contribution in [0.1, 0.15) is 86.9 Å². The number of nitrogens with one attached hydrogen (secondary N) is 1. The van der Waals surface area contributed by atoms with Crippen LogP contribution in [0.4, 0.5) is 13.2 Å². The second kappa shape index (κ2) is 11.8. The van der Waals surface area contributed by atoms with Gasteiger partial charge in [-0.15, -0.1) is 5.10 Å². The average molecular weight is 651 g/mol. The Morgan fingerprint density at radius 2 is 2.00 bits per heavy atom. The van der Waals surface area contributed by atoms with Crippen molar-refractivity contribution in [1.29, 1.82) is 0 Å². The number of hydrogen-bond donors (Lipinski definition) is 1. The first-order valence-electron chi connectivity index (χ1n) is 15.5. The van der Waals surface area contributed by atoms with Crippen molar-refractivity contribution < 1.29 is 32.3 Å². The Kier molecular flexibility index (Phi) is 8.28. The first kappa shape index (κ1) is 31.6. The van der Waals surface area contributed by atoms with Crippen LogP contribution in [0.2, 0.25) is 5.02 Å². The molecular formula is C31H38ClF3N6O4. The minimum Gasteiger partial charge on any atom is -0.484 e. The first-order chi connectivity index (χ1) is 21.4. The van der Waals surface area contributed by atoms with Crippen LogP contribution in [0, 0.1) is 22.6 Å². The zero-order valence-corrected chi connectivity index (χ0v) is 26.4. The summed E-state index contributed by atoms with van der Waals surface area (Å²) in [6.45, 7) is 2.19. The van der Waals surface area contributed by atoms with E-state index in [0.717, 1.165) is 36.4 Å². The molecule has 1 aromatic carbocycles. The zero-order valence-electron chi connectivity index (χ0n) is 25.7. The Labute approximate surface area is 264 Å². The van der Waals surface area contributed by atoms with Gasteiger partial charge in [0.05, 0.1) is 17.4 Å². The number of rotatable bonds is 8. The van der Waals surface area contributed by atoms with Gasteiger partial charge in [-0.1, -0.05) is 29.7 Å². The minimum atomic E-state index is -2.88. The number of fused-ring (bicyclic) bond motifs is 1. The Bertz CT molecular complexity index is 1530. The summed E-state index contributed by atoms with van der Waals surface area (Å²) in [5.41, 5.74) is -0.710. The lowest BCUT2D eigenvalue weighted by atomic mass is 9.66. The van der Waals surface area contributed by atoms with E-state index < -0.39 is 41.9 Å². The van der Waals surface area contributed by atoms with Crippen LogP contribution in [-0.2, 0) is 34.5 Å². The normalized spacial score (nSPS) is 25.6. The number of benzene rings is 1. The molecular weight excluding hydrogens is 613 g/mol. The lowest BCUT2D eigenvalue weighted by Gasteiger charge is -2.46. The Balaban J connectivity index is 1.41. The molecule has 244 valence electrons. The second-order valence-corrected chi connectivity index (χ2v) is 13.6. The average Bonchev–Trinajstić information content (AvgIpc) is 3.53. The molecule has 1 saturated heterocycles. The summed E-state index contributed by atoms with van der Waals surface area (Å²) < 4.78 is 50.2. The molecule has 10 nitrogen and oxygen atoms in total. The van der Waals surface area contributed by atoms with Gasteiger partial charge in [-0.2, -0.15) is 0 Å². The van der Waals surface area contributed by atoms with E-state index in [0.29, 0.717) is 36.9 Å². The molecule has 2 aromatic rings. The molecule has 2 aliphatic heterocycles. The fourth-order valence-corrected chi connectivity index (χ4v) is 7.97. The highest BCUT2D eigenvalue weighted by atomic mass is 35.5. The Hall–Kier alpha value is -3.35. The summed E-state index contributed by atoms with van der Waals surface area (Å²) in [6.07, 6.45) is 2.38. The number of alkyl halides is 2. The van der Waals surface area contributed by atoms with Crippen LogP contribution in [0.3, 0.4) is 0 Å². The summed E-state index contributed by atoms with van der Waals surface area (Å²) in [7, 11) is 2.89. The molecule has 1 spiro atoms. The molecule has 2 saturated carbocycles. The predicted molar refractivity (Wildman–Crippen MR) is 157 cm³/mol. The SMILES string of the molecule is CNC(=O)[C@@]1(C)CCCC[C@H]1C(=O)N1CCc2c(Cl)cc(F)c(OCc3nnn(C)c3C(F)F)c2[C@H]1CN1CC2(CC2)CC1=O. The summed E-state index contributed by atoms with van der Waals surface area (Å²) in [5.74, 6) is -2.17. The topological polar surface area (TPSA) is 110 Å². The second-order valence-electron chi connectivity index (χ2n) is 13.2. The van der Waals surface area contributed by atoms with Crippen LogP contribution < -0.4 is 10.1 Å². The van der Waals surface area contributed by atoms with E-state index in [1.807, 2.05) is 6.92 Å². The van der Waals surface area contributed by atoms with Crippen molar-refractivity contribution in [3.05, 3.63) is 39.4 Å².